The number of nitro benzene ring substituents is 1. The van der Waals surface area contributed by atoms with Crippen molar-refractivity contribution in [2.75, 3.05) is 19.1 Å². The van der Waals surface area contributed by atoms with Gasteiger partial charge in [0.25, 0.3) is 5.69 Å². The van der Waals surface area contributed by atoms with E-state index in [1.54, 1.807) is 31.5 Å². The van der Waals surface area contributed by atoms with Crippen LogP contribution in [0.2, 0.25) is 0 Å². The highest BCUT2D eigenvalue weighted by Crippen LogP contribution is 2.33. The largest absolute Gasteiger partial charge is 0.493 e. The Kier molecular flexibility index (Phi) is 6.59. The minimum Gasteiger partial charge on any atom is -0.493 e. The maximum atomic E-state index is 10.6. The van der Waals surface area contributed by atoms with Crippen LogP contribution >= 0.6 is 22.6 Å². The summed E-state index contributed by atoms with van der Waals surface area (Å²) in [6, 6.07) is 9.61. The number of benzene rings is 2. The van der Waals surface area contributed by atoms with E-state index in [0.29, 0.717) is 17.2 Å². The second-order valence-corrected chi connectivity index (χ2v) is 5.86. The van der Waals surface area contributed by atoms with Gasteiger partial charge in [0.1, 0.15) is 6.61 Å². The molecule has 0 saturated heterocycles. The number of non-ortho nitro benzene ring substituents is 1. The molecular formula is C17H14IN3O4. The summed E-state index contributed by atoms with van der Waals surface area (Å²) in [5.74, 6) is 3.55. The smallest absolute Gasteiger partial charge is 0.269 e. The predicted molar refractivity (Wildman–Crippen MR) is 104 cm³/mol. The number of hydrogen-bond acceptors (Lipinski definition) is 6. The maximum absolute atomic E-state index is 10.6. The van der Waals surface area contributed by atoms with Crippen molar-refractivity contribution in [3.05, 3.63) is 55.6 Å². The Hall–Kier alpha value is -2.80. The highest BCUT2D eigenvalue weighted by atomic mass is 127. The van der Waals surface area contributed by atoms with Crippen LogP contribution in [0.4, 0.5) is 11.4 Å². The van der Waals surface area contributed by atoms with Crippen molar-refractivity contribution in [1.82, 2.24) is 0 Å². The van der Waals surface area contributed by atoms with Crippen LogP contribution in [0, 0.1) is 26.0 Å². The Bertz CT molecular complexity index is 829. The zero-order valence-corrected chi connectivity index (χ0v) is 15.4. The van der Waals surface area contributed by atoms with Crippen molar-refractivity contribution in [2.45, 2.75) is 0 Å². The summed E-state index contributed by atoms with van der Waals surface area (Å²) in [6.07, 6.45) is 6.82. The van der Waals surface area contributed by atoms with Gasteiger partial charge < -0.3 is 9.47 Å². The van der Waals surface area contributed by atoms with Crippen LogP contribution in [0.1, 0.15) is 5.56 Å². The second kappa shape index (κ2) is 8.89. The van der Waals surface area contributed by atoms with E-state index in [2.05, 4.69) is 39.0 Å². The Morgan fingerprint density at radius 1 is 1.40 bits per heavy atom. The maximum Gasteiger partial charge on any atom is 0.269 e. The molecule has 0 aliphatic heterocycles. The van der Waals surface area contributed by atoms with Crippen molar-refractivity contribution >= 4 is 40.2 Å². The first kappa shape index (κ1) is 18.5. The lowest BCUT2D eigenvalue weighted by Gasteiger charge is -2.11. The van der Waals surface area contributed by atoms with Gasteiger partial charge in [-0.25, -0.2) is 0 Å². The number of hydrogen-bond donors (Lipinski definition) is 1. The monoisotopic (exact) mass is 451 g/mol. The van der Waals surface area contributed by atoms with E-state index in [1.807, 2.05) is 6.07 Å². The molecule has 0 saturated carbocycles. The van der Waals surface area contributed by atoms with Gasteiger partial charge in [-0.1, -0.05) is 5.92 Å². The first-order valence-electron chi connectivity index (χ1n) is 7.02. The summed E-state index contributed by atoms with van der Waals surface area (Å²) in [5.41, 5.74) is 4.27. The molecule has 0 aliphatic carbocycles. The number of halogens is 1. The zero-order chi connectivity index (χ0) is 18.2. The van der Waals surface area contributed by atoms with E-state index in [4.69, 9.17) is 15.9 Å². The zero-order valence-electron chi connectivity index (χ0n) is 13.2. The molecule has 2 aromatic rings. The number of terminal acetylenes is 1. The van der Waals surface area contributed by atoms with Gasteiger partial charge in [-0.2, -0.15) is 5.10 Å². The van der Waals surface area contributed by atoms with Gasteiger partial charge in [0.15, 0.2) is 11.5 Å². The number of hydrazone groups is 1. The Morgan fingerprint density at radius 2 is 2.12 bits per heavy atom. The third-order valence-electron chi connectivity index (χ3n) is 3.04. The van der Waals surface area contributed by atoms with Gasteiger partial charge in [0.2, 0.25) is 0 Å². The molecule has 128 valence electrons. The Balaban J connectivity index is 2.11. The van der Waals surface area contributed by atoms with Gasteiger partial charge >= 0.3 is 0 Å². The lowest BCUT2D eigenvalue weighted by atomic mass is 10.2. The molecule has 7 nitrogen and oxygen atoms in total. The molecule has 0 aliphatic rings. The van der Waals surface area contributed by atoms with E-state index < -0.39 is 4.92 Å². The SMILES string of the molecule is C#CCOc1c(I)cc(/C=N/Nc2ccc([N+](=O)[O-])cc2)cc1OC. The van der Waals surface area contributed by atoms with Crippen LogP contribution in [0.5, 0.6) is 11.5 Å². The van der Waals surface area contributed by atoms with Crippen molar-refractivity contribution in [3.8, 4) is 23.8 Å². The molecule has 0 amide bonds. The first-order valence-corrected chi connectivity index (χ1v) is 8.10. The third kappa shape index (κ3) is 5.09. The quantitative estimate of drug-likeness (QED) is 0.228. The summed E-state index contributed by atoms with van der Waals surface area (Å²) in [6.45, 7) is 0.154. The van der Waals surface area contributed by atoms with Gasteiger partial charge in [0.05, 0.1) is 27.5 Å². The fraction of sp³-hybridized carbons (Fsp3) is 0.118. The van der Waals surface area contributed by atoms with E-state index >= 15 is 0 Å². The van der Waals surface area contributed by atoms with E-state index in [0.717, 1.165) is 9.13 Å². The summed E-state index contributed by atoms with van der Waals surface area (Å²) in [4.78, 5) is 10.2. The summed E-state index contributed by atoms with van der Waals surface area (Å²) >= 11 is 2.13. The average molecular weight is 451 g/mol. The van der Waals surface area contributed by atoms with Gasteiger partial charge in [-0.3, -0.25) is 15.5 Å². The minimum atomic E-state index is -0.453. The van der Waals surface area contributed by atoms with Crippen molar-refractivity contribution < 1.29 is 14.4 Å². The van der Waals surface area contributed by atoms with E-state index in [1.165, 1.54) is 12.1 Å². The molecule has 0 fully saturated rings. The molecule has 0 unspecified atom stereocenters. The number of ether oxygens (including phenoxy) is 2. The minimum absolute atomic E-state index is 0.0244. The summed E-state index contributed by atoms with van der Waals surface area (Å²) < 4.78 is 11.6. The summed E-state index contributed by atoms with van der Waals surface area (Å²) in [5, 5.41) is 14.7. The van der Waals surface area contributed by atoms with Crippen LogP contribution in [0.25, 0.3) is 0 Å². The van der Waals surface area contributed by atoms with Crippen LogP contribution in [-0.2, 0) is 0 Å². The molecule has 0 heterocycles. The number of anilines is 1. The lowest BCUT2D eigenvalue weighted by molar-refractivity contribution is -0.384. The molecule has 25 heavy (non-hydrogen) atoms. The Labute approximate surface area is 158 Å². The van der Waals surface area contributed by atoms with Gasteiger partial charge in [0, 0.05) is 12.1 Å². The predicted octanol–water partition coefficient (Wildman–Crippen LogP) is 3.67. The molecule has 2 rings (SSSR count). The number of nitrogens with one attached hydrogen (secondary N) is 1. The van der Waals surface area contributed by atoms with Crippen molar-refractivity contribution in [3.63, 3.8) is 0 Å². The number of rotatable bonds is 7. The van der Waals surface area contributed by atoms with Crippen LogP contribution in [-0.4, -0.2) is 24.9 Å². The van der Waals surface area contributed by atoms with Crippen LogP contribution in [0.15, 0.2) is 41.5 Å². The van der Waals surface area contributed by atoms with Crippen LogP contribution in [0.3, 0.4) is 0 Å². The molecule has 0 bridgehead atoms. The molecule has 0 atom stereocenters. The number of methoxy groups -OCH3 is 1. The fourth-order valence-corrected chi connectivity index (χ4v) is 2.69. The first-order chi connectivity index (χ1) is 12.0. The fourth-order valence-electron chi connectivity index (χ4n) is 1.91. The summed E-state index contributed by atoms with van der Waals surface area (Å²) in [7, 11) is 1.55. The van der Waals surface area contributed by atoms with E-state index in [-0.39, 0.29) is 12.3 Å². The molecule has 8 heteroatoms. The molecule has 0 radical (unpaired) electrons. The molecule has 2 aromatic carbocycles. The van der Waals surface area contributed by atoms with Crippen LogP contribution < -0.4 is 14.9 Å². The third-order valence-corrected chi connectivity index (χ3v) is 3.84. The average Bonchev–Trinajstić information content (AvgIpc) is 2.61. The number of nitro groups is 1. The topological polar surface area (TPSA) is 86.0 Å². The lowest BCUT2D eigenvalue weighted by Crippen LogP contribution is -2.00. The van der Waals surface area contributed by atoms with E-state index in [9.17, 15) is 10.1 Å². The molecule has 0 aromatic heterocycles. The molecular weight excluding hydrogens is 437 g/mol. The van der Waals surface area contributed by atoms with Crippen molar-refractivity contribution in [2.24, 2.45) is 5.10 Å². The molecule has 1 N–H and O–H groups in total. The number of nitrogens with zero attached hydrogens (tertiary/aromatic N) is 2. The van der Waals surface area contributed by atoms with Gasteiger partial charge in [-0.05, 0) is 52.4 Å². The highest BCUT2D eigenvalue weighted by Gasteiger charge is 2.10. The standard InChI is InChI=1S/C17H14IN3O4/c1-3-8-25-17-15(18)9-12(10-16(17)24-2)11-19-20-13-4-6-14(7-5-13)21(22)23/h1,4-7,9-11,20H,8H2,2H3/b19-11+. The second-order valence-electron chi connectivity index (χ2n) is 4.70. The van der Waals surface area contributed by atoms with Gasteiger partial charge in [-0.15, -0.1) is 6.42 Å². The Morgan fingerprint density at radius 3 is 2.72 bits per heavy atom. The highest BCUT2D eigenvalue weighted by molar-refractivity contribution is 14.1. The normalized spacial score (nSPS) is 10.3. The van der Waals surface area contributed by atoms with Crippen molar-refractivity contribution in [1.29, 1.82) is 0 Å². The molecule has 0 spiro atoms.